The van der Waals surface area contributed by atoms with Gasteiger partial charge in [-0.15, -0.1) is 0 Å². The van der Waals surface area contributed by atoms with Gasteiger partial charge in [0.1, 0.15) is 5.82 Å². The Hall–Kier alpha value is -2.82. The Kier molecular flexibility index (Phi) is 7.04. The van der Waals surface area contributed by atoms with Crippen molar-refractivity contribution >= 4 is 22.0 Å². The molecule has 166 valence electrons. The summed E-state index contributed by atoms with van der Waals surface area (Å²) in [5.74, 6) is -1.83. The van der Waals surface area contributed by atoms with E-state index in [0.29, 0.717) is 25.2 Å². The van der Waals surface area contributed by atoms with E-state index in [1.165, 1.54) is 28.6 Å². The molecule has 0 spiro atoms. The summed E-state index contributed by atoms with van der Waals surface area (Å²) in [5, 5.41) is 0. The summed E-state index contributed by atoms with van der Waals surface area (Å²) in [6.45, 7) is 1.58. The van der Waals surface area contributed by atoms with Crippen molar-refractivity contribution < 1.29 is 31.9 Å². The Bertz CT molecular complexity index is 1050. The van der Waals surface area contributed by atoms with Gasteiger partial charge in [-0.25, -0.2) is 22.4 Å². The van der Waals surface area contributed by atoms with Crippen LogP contribution in [0.4, 0.5) is 4.39 Å². The maximum absolute atomic E-state index is 13.9. The Morgan fingerprint density at radius 1 is 0.935 bits per heavy atom. The second-order valence-electron chi connectivity index (χ2n) is 7.00. The van der Waals surface area contributed by atoms with Crippen LogP contribution in [0.3, 0.4) is 0 Å². The highest BCUT2D eigenvalue weighted by atomic mass is 32.2. The molecule has 1 fully saturated rings. The van der Waals surface area contributed by atoms with Crippen LogP contribution in [0, 0.1) is 5.82 Å². The first kappa shape index (κ1) is 22.9. The quantitative estimate of drug-likeness (QED) is 0.621. The first-order valence-corrected chi connectivity index (χ1v) is 11.0. The van der Waals surface area contributed by atoms with Crippen LogP contribution in [-0.2, 0) is 26.0 Å². The molecule has 10 heteroatoms. The lowest BCUT2D eigenvalue weighted by molar-refractivity contribution is 0.0598. The third-order valence-corrected chi connectivity index (χ3v) is 6.95. The van der Waals surface area contributed by atoms with Crippen molar-refractivity contribution in [3.63, 3.8) is 0 Å². The number of nitrogens with zero attached hydrogens (tertiary/aromatic N) is 2. The molecule has 2 aromatic rings. The normalized spacial score (nSPS) is 15.5. The molecule has 0 unspecified atom stereocenters. The summed E-state index contributed by atoms with van der Waals surface area (Å²) in [4.78, 5) is 25.7. The van der Waals surface area contributed by atoms with Gasteiger partial charge in [-0.05, 0) is 24.3 Å². The van der Waals surface area contributed by atoms with Gasteiger partial charge in [0.05, 0.1) is 30.2 Å². The van der Waals surface area contributed by atoms with E-state index in [1.54, 1.807) is 18.2 Å². The van der Waals surface area contributed by atoms with Crippen LogP contribution in [0.2, 0.25) is 0 Å². The number of hydrogen-bond donors (Lipinski definition) is 0. The van der Waals surface area contributed by atoms with E-state index in [9.17, 15) is 22.4 Å². The fourth-order valence-corrected chi connectivity index (χ4v) is 4.86. The van der Waals surface area contributed by atoms with E-state index in [-0.39, 0.29) is 34.9 Å². The van der Waals surface area contributed by atoms with Gasteiger partial charge in [-0.3, -0.25) is 4.90 Å². The lowest BCUT2D eigenvalue weighted by atomic mass is 10.1. The smallest absolute Gasteiger partial charge is 0.337 e. The molecule has 1 aliphatic rings. The van der Waals surface area contributed by atoms with Crippen molar-refractivity contribution in [1.29, 1.82) is 0 Å². The number of piperazine rings is 1. The van der Waals surface area contributed by atoms with E-state index < -0.39 is 22.0 Å². The molecular formula is C21H23FN2O6S. The van der Waals surface area contributed by atoms with Crippen LogP contribution in [0.1, 0.15) is 26.3 Å². The Morgan fingerprint density at radius 3 is 2.00 bits per heavy atom. The highest BCUT2D eigenvalue weighted by molar-refractivity contribution is 7.89. The summed E-state index contributed by atoms with van der Waals surface area (Å²) >= 11 is 0. The Labute approximate surface area is 180 Å². The number of carbonyl (C=O) groups is 2. The van der Waals surface area contributed by atoms with Crippen molar-refractivity contribution in [3.8, 4) is 0 Å². The number of carbonyl (C=O) groups excluding carboxylic acids is 2. The molecule has 0 radical (unpaired) electrons. The molecule has 0 atom stereocenters. The van der Waals surface area contributed by atoms with Gasteiger partial charge in [0.25, 0.3) is 0 Å². The Morgan fingerprint density at radius 2 is 1.48 bits per heavy atom. The molecule has 31 heavy (non-hydrogen) atoms. The summed E-state index contributed by atoms with van der Waals surface area (Å²) in [7, 11) is -1.65. The number of esters is 2. The van der Waals surface area contributed by atoms with E-state index in [2.05, 4.69) is 9.47 Å². The molecule has 0 amide bonds. The third-order valence-electron chi connectivity index (χ3n) is 5.07. The first-order chi connectivity index (χ1) is 14.8. The van der Waals surface area contributed by atoms with Gasteiger partial charge in [0.15, 0.2) is 0 Å². The number of benzene rings is 2. The van der Waals surface area contributed by atoms with Gasteiger partial charge < -0.3 is 9.47 Å². The molecule has 1 heterocycles. The van der Waals surface area contributed by atoms with Crippen molar-refractivity contribution in [3.05, 3.63) is 65.0 Å². The molecule has 2 aromatic carbocycles. The number of rotatable bonds is 6. The maximum atomic E-state index is 13.9. The molecule has 0 aliphatic carbocycles. The summed E-state index contributed by atoms with van der Waals surface area (Å²) < 4.78 is 50.8. The van der Waals surface area contributed by atoms with Gasteiger partial charge in [-0.1, -0.05) is 18.2 Å². The lowest BCUT2D eigenvalue weighted by Gasteiger charge is -2.34. The van der Waals surface area contributed by atoms with Gasteiger partial charge in [0.2, 0.25) is 10.0 Å². The molecule has 1 saturated heterocycles. The second kappa shape index (κ2) is 9.54. The molecule has 1 aliphatic heterocycles. The molecule has 0 aromatic heterocycles. The fraction of sp³-hybridized carbons (Fsp3) is 0.333. The third kappa shape index (κ3) is 5.09. The maximum Gasteiger partial charge on any atom is 0.337 e. The Balaban J connectivity index is 1.80. The minimum absolute atomic E-state index is 0.0674. The summed E-state index contributed by atoms with van der Waals surface area (Å²) in [6, 6.07) is 10.1. The SMILES string of the molecule is COC(=O)c1cc(C(=O)OC)cc(S(=O)(=O)N2CCN(Cc3ccccc3F)CC2)c1. The number of sulfonamides is 1. The molecule has 0 saturated carbocycles. The fourth-order valence-electron chi connectivity index (χ4n) is 3.36. The highest BCUT2D eigenvalue weighted by Crippen LogP contribution is 2.23. The average Bonchev–Trinajstić information content (AvgIpc) is 2.79. The topological polar surface area (TPSA) is 93.2 Å². The largest absolute Gasteiger partial charge is 0.465 e. The van der Waals surface area contributed by atoms with Crippen LogP contribution in [-0.4, -0.2) is 70.0 Å². The monoisotopic (exact) mass is 450 g/mol. The number of ether oxygens (including phenoxy) is 2. The van der Waals surface area contributed by atoms with Gasteiger partial charge >= 0.3 is 11.9 Å². The summed E-state index contributed by atoms with van der Waals surface area (Å²) in [6.07, 6.45) is 0. The lowest BCUT2D eigenvalue weighted by Crippen LogP contribution is -2.48. The van der Waals surface area contributed by atoms with Crippen LogP contribution >= 0.6 is 0 Å². The zero-order chi connectivity index (χ0) is 22.6. The van der Waals surface area contributed by atoms with Crippen molar-refractivity contribution in [1.82, 2.24) is 9.21 Å². The minimum atomic E-state index is -3.98. The van der Waals surface area contributed by atoms with Gasteiger partial charge in [-0.2, -0.15) is 4.31 Å². The predicted molar refractivity (Wildman–Crippen MR) is 110 cm³/mol. The summed E-state index contributed by atoms with van der Waals surface area (Å²) in [5.41, 5.74) is 0.414. The number of halogens is 1. The van der Waals surface area contributed by atoms with Crippen LogP contribution in [0.15, 0.2) is 47.4 Å². The van der Waals surface area contributed by atoms with Crippen LogP contribution < -0.4 is 0 Å². The molecular weight excluding hydrogens is 427 g/mol. The predicted octanol–water partition coefficient (Wildman–Crippen LogP) is 1.91. The van der Waals surface area contributed by atoms with E-state index in [1.807, 2.05) is 4.90 Å². The number of methoxy groups -OCH3 is 2. The number of hydrogen-bond acceptors (Lipinski definition) is 7. The van der Waals surface area contributed by atoms with Crippen molar-refractivity contribution in [2.24, 2.45) is 0 Å². The zero-order valence-electron chi connectivity index (χ0n) is 17.2. The molecule has 0 bridgehead atoms. The minimum Gasteiger partial charge on any atom is -0.465 e. The molecule has 8 nitrogen and oxygen atoms in total. The molecule has 0 N–H and O–H groups in total. The average molecular weight is 450 g/mol. The van der Waals surface area contributed by atoms with Crippen LogP contribution in [0.5, 0.6) is 0 Å². The van der Waals surface area contributed by atoms with E-state index in [0.717, 1.165) is 14.2 Å². The standard InChI is InChI=1S/C21H23FN2O6S/c1-29-20(25)16-11-17(21(26)30-2)13-18(12-16)31(27,28)24-9-7-23(8-10-24)14-15-5-3-4-6-19(15)22/h3-6,11-13H,7-10,14H2,1-2H3. The van der Waals surface area contributed by atoms with Crippen molar-refractivity contribution in [2.45, 2.75) is 11.4 Å². The second-order valence-corrected chi connectivity index (χ2v) is 8.94. The van der Waals surface area contributed by atoms with E-state index in [4.69, 9.17) is 0 Å². The van der Waals surface area contributed by atoms with Gasteiger partial charge in [0, 0.05) is 38.3 Å². The first-order valence-electron chi connectivity index (χ1n) is 9.54. The molecule has 3 rings (SSSR count). The highest BCUT2D eigenvalue weighted by Gasteiger charge is 2.30. The zero-order valence-corrected chi connectivity index (χ0v) is 18.0. The van der Waals surface area contributed by atoms with E-state index >= 15 is 0 Å². The van der Waals surface area contributed by atoms with Crippen LogP contribution in [0.25, 0.3) is 0 Å². The van der Waals surface area contributed by atoms with Crippen molar-refractivity contribution in [2.75, 3.05) is 40.4 Å².